The summed E-state index contributed by atoms with van der Waals surface area (Å²) in [6, 6.07) is 0. The number of carbonyl (C=O) groups is 2. The molecule has 1 saturated carbocycles. The molecule has 0 bridgehead atoms. The smallest absolute Gasteiger partial charge is 0.327 e. The van der Waals surface area contributed by atoms with Crippen molar-refractivity contribution in [1.29, 1.82) is 0 Å². The van der Waals surface area contributed by atoms with Crippen molar-refractivity contribution in [3.8, 4) is 0 Å². The highest BCUT2D eigenvalue weighted by atomic mass is 16.6. The molecule has 0 aromatic carbocycles. The minimum absolute atomic E-state index is 0.0635. The molecule has 5 heteroatoms. The third-order valence-corrected chi connectivity index (χ3v) is 4.43. The van der Waals surface area contributed by atoms with Gasteiger partial charge in [0.05, 0.1) is 25.9 Å². The third-order valence-electron chi connectivity index (χ3n) is 4.43. The van der Waals surface area contributed by atoms with Gasteiger partial charge in [-0.3, -0.25) is 9.59 Å². The highest BCUT2D eigenvalue weighted by Gasteiger charge is 2.51. The molecule has 0 radical (unpaired) electrons. The zero-order valence-electron chi connectivity index (χ0n) is 14.3. The zero-order chi connectivity index (χ0) is 16.7. The Kier molecular flexibility index (Phi) is 6.63. The summed E-state index contributed by atoms with van der Waals surface area (Å²) in [4.78, 5) is 25.4. The lowest BCUT2D eigenvalue weighted by atomic mass is 9.80. The normalized spacial score (nSPS) is 21.3. The molecule has 2 fully saturated rings. The molecule has 0 N–H and O–H groups in total. The number of esters is 2. The van der Waals surface area contributed by atoms with Gasteiger partial charge < -0.3 is 14.2 Å². The summed E-state index contributed by atoms with van der Waals surface area (Å²) < 4.78 is 15.8. The summed E-state index contributed by atoms with van der Waals surface area (Å²) in [5.41, 5.74) is -0.184. The van der Waals surface area contributed by atoms with E-state index in [2.05, 4.69) is 0 Å². The fraction of sp³-hybridized carbons (Fsp3) is 0.778. The Labute approximate surface area is 138 Å². The van der Waals surface area contributed by atoms with Crippen molar-refractivity contribution < 1.29 is 23.8 Å². The van der Waals surface area contributed by atoms with Gasteiger partial charge in [-0.25, -0.2) is 0 Å². The van der Waals surface area contributed by atoms with Crippen molar-refractivity contribution in [3.63, 3.8) is 0 Å². The summed E-state index contributed by atoms with van der Waals surface area (Å²) in [5, 5.41) is 0. The summed E-state index contributed by atoms with van der Waals surface area (Å²) >= 11 is 0. The Morgan fingerprint density at radius 2 is 1.61 bits per heavy atom. The molecule has 130 valence electrons. The highest BCUT2D eigenvalue weighted by molar-refractivity contribution is 6.02. The molecule has 5 nitrogen and oxygen atoms in total. The van der Waals surface area contributed by atoms with E-state index >= 15 is 0 Å². The van der Waals surface area contributed by atoms with Crippen molar-refractivity contribution in [3.05, 3.63) is 11.6 Å². The fourth-order valence-corrected chi connectivity index (χ4v) is 3.17. The van der Waals surface area contributed by atoms with E-state index in [4.69, 9.17) is 14.2 Å². The van der Waals surface area contributed by atoms with Gasteiger partial charge in [-0.15, -0.1) is 0 Å². The van der Waals surface area contributed by atoms with Gasteiger partial charge in [0.2, 0.25) is 0 Å². The van der Waals surface area contributed by atoms with Gasteiger partial charge in [0.15, 0.2) is 5.41 Å². The first-order chi connectivity index (χ1) is 11.1. The molecule has 2 rings (SSSR count). The maximum Gasteiger partial charge on any atom is 0.327 e. The maximum atomic E-state index is 12.7. The maximum absolute atomic E-state index is 12.7. The monoisotopic (exact) mass is 324 g/mol. The SMILES string of the molecule is CCOC(=O)C(C=C1CCCCCC1)(CC1CO1)C(=O)OCC. The molecular formula is C18H28O5. The quantitative estimate of drug-likeness (QED) is 0.237. The molecule has 1 aliphatic carbocycles. The van der Waals surface area contributed by atoms with Gasteiger partial charge in [0.1, 0.15) is 0 Å². The van der Waals surface area contributed by atoms with E-state index in [9.17, 15) is 9.59 Å². The van der Waals surface area contributed by atoms with Crippen molar-refractivity contribution in [1.82, 2.24) is 0 Å². The zero-order valence-corrected chi connectivity index (χ0v) is 14.3. The second kappa shape index (κ2) is 8.48. The average molecular weight is 324 g/mol. The number of rotatable bonds is 7. The van der Waals surface area contributed by atoms with Gasteiger partial charge in [0, 0.05) is 6.42 Å². The highest BCUT2D eigenvalue weighted by Crippen LogP contribution is 2.37. The molecular weight excluding hydrogens is 296 g/mol. The molecule has 2 aliphatic rings. The van der Waals surface area contributed by atoms with E-state index in [0.29, 0.717) is 13.0 Å². The summed E-state index contributed by atoms with van der Waals surface area (Å²) in [6.45, 7) is 4.58. The molecule has 1 saturated heterocycles. The van der Waals surface area contributed by atoms with Gasteiger partial charge >= 0.3 is 11.9 Å². The summed E-state index contributed by atoms with van der Waals surface area (Å²) in [6.07, 6.45) is 8.58. The summed E-state index contributed by atoms with van der Waals surface area (Å²) in [7, 11) is 0. The largest absolute Gasteiger partial charge is 0.465 e. The first kappa shape index (κ1) is 18.0. The van der Waals surface area contributed by atoms with Crippen LogP contribution >= 0.6 is 0 Å². The molecule has 0 spiro atoms. The standard InChI is InChI=1S/C18H28O5/c1-3-21-16(19)18(12-15-13-23-15,17(20)22-4-2)11-14-9-7-5-6-8-10-14/h11,15H,3-10,12-13H2,1-2H3. The summed E-state index contributed by atoms with van der Waals surface area (Å²) in [5.74, 6) is -1.02. The minimum atomic E-state index is -1.35. The molecule has 1 unspecified atom stereocenters. The number of epoxide rings is 1. The first-order valence-electron chi connectivity index (χ1n) is 8.79. The lowest BCUT2D eigenvalue weighted by Crippen LogP contribution is -2.42. The third kappa shape index (κ3) is 4.80. The van der Waals surface area contributed by atoms with Gasteiger partial charge in [-0.2, -0.15) is 0 Å². The van der Waals surface area contributed by atoms with Crippen LogP contribution in [0.5, 0.6) is 0 Å². The second-order valence-corrected chi connectivity index (χ2v) is 6.29. The van der Waals surface area contributed by atoms with Crippen LogP contribution in [0, 0.1) is 5.41 Å². The average Bonchev–Trinajstić information content (AvgIpc) is 3.34. The number of carbonyl (C=O) groups excluding carboxylic acids is 2. The van der Waals surface area contributed by atoms with Crippen molar-refractivity contribution in [2.75, 3.05) is 19.8 Å². The van der Waals surface area contributed by atoms with E-state index in [1.165, 1.54) is 18.4 Å². The van der Waals surface area contributed by atoms with Crippen LogP contribution in [-0.4, -0.2) is 37.9 Å². The number of allylic oxidation sites excluding steroid dienone is 1. The van der Waals surface area contributed by atoms with E-state index in [1.54, 1.807) is 13.8 Å². The lowest BCUT2D eigenvalue weighted by molar-refractivity contribution is -0.168. The van der Waals surface area contributed by atoms with Crippen LogP contribution in [0.2, 0.25) is 0 Å². The molecule has 0 amide bonds. The van der Waals surface area contributed by atoms with Gasteiger partial charge in [-0.05, 0) is 39.5 Å². The Bertz CT molecular complexity index is 422. The number of ether oxygens (including phenoxy) is 3. The van der Waals surface area contributed by atoms with Crippen LogP contribution in [0.15, 0.2) is 11.6 Å². The Hall–Kier alpha value is -1.36. The fourth-order valence-electron chi connectivity index (χ4n) is 3.17. The van der Waals surface area contributed by atoms with Crippen molar-refractivity contribution >= 4 is 11.9 Å². The first-order valence-corrected chi connectivity index (χ1v) is 8.79. The van der Waals surface area contributed by atoms with E-state index in [0.717, 1.165) is 25.7 Å². The van der Waals surface area contributed by atoms with Crippen LogP contribution in [0.25, 0.3) is 0 Å². The van der Waals surface area contributed by atoms with Crippen LogP contribution in [0.1, 0.15) is 58.8 Å². The lowest BCUT2D eigenvalue weighted by Gasteiger charge is -2.27. The van der Waals surface area contributed by atoms with Crippen molar-refractivity contribution in [2.24, 2.45) is 5.41 Å². The van der Waals surface area contributed by atoms with Crippen LogP contribution in [0.4, 0.5) is 0 Å². The molecule has 1 atom stereocenters. The Morgan fingerprint density at radius 1 is 1.09 bits per heavy atom. The topological polar surface area (TPSA) is 65.1 Å². The molecule has 23 heavy (non-hydrogen) atoms. The van der Waals surface area contributed by atoms with E-state index in [1.807, 2.05) is 6.08 Å². The van der Waals surface area contributed by atoms with Crippen LogP contribution in [-0.2, 0) is 23.8 Å². The van der Waals surface area contributed by atoms with E-state index in [-0.39, 0.29) is 19.3 Å². The predicted molar refractivity (Wildman–Crippen MR) is 85.8 cm³/mol. The number of hydrogen-bond acceptors (Lipinski definition) is 5. The second-order valence-electron chi connectivity index (χ2n) is 6.29. The van der Waals surface area contributed by atoms with Gasteiger partial charge in [-0.1, -0.05) is 24.5 Å². The molecule has 1 aliphatic heterocycles. The van der Waals surface area contributed by atoms with Crippen molar-refractivity contribution in [2.45, 2.75) is 64.9 Å². The minimum Gasteiger partial charge on any atom is -0.465 e. The number of hydrogen-bond donors (Lipinski definition) is 0. The van der Waals surface area contributed by atoms with Gasteiger partial charge in [0.25, 0.3) is 0 Å². The van der Waals surface area contributed by atoms with Crippen LogP contribution in [0.3, 0.4) is 0 Å². The molecule has 0 aromatic rings. The molecule has 1 heterocycles. The van der Waals surface area contributed by atoms with Crippen LogP contribution < -0.4 is 0 Å². The predicted octanol–water partition coefficient (Wildman–Crippen LogP) is 3.17. The Morgan fingerprint density at radius 3 is 2.04 bits per heavy atom. The Balaban J connectivity index is 2.33. The van der Waals surface area contributed by atoms with E-state index < -0.39 is 17.4 Å². The molecule has 0 aromatic heterocycles.